The molecule has 0 unspecified atom stereocenters. The molecule has 2 aromatic carbocycles. The van der Waals surface area contributed by atoms with Gasteiger partial charge in [-0.05, 0) is 49.6 Å². The van der Waals surface area contributed by atoms with E-state index in [9.17, 15) is 10.4 Å². The molecule has 1 saturated carbocycles. The number of nitrogens with zero attached hydrogens (tertiary/aromatic N) is 3. The molecule has 1 atom stereocenters. The molecule has 3 aromatic rings. The van der Waals surface area contributed by atoms with Crippen LogP contribution in [-0.2, 0) is 6.54 Å². The highest BCUT2D eigenvalue weighted by molar-refractivity contribution is 5.83. The molecule has 1 aliphatic rings. The van der Waals surface area contributed by atoms with Crippen LogP contribution in [0, 0.1) is 11.3 Å². The van der Waals surface area contributed by atoms with Gasteiger partial charge in [-0.25, -0.2) is 4.98 Å². The number of rotatable bonds is 7. The molecule has 2 N–H and O–H groups in total. The summed E-state index contributed by atoms with van der Waals surface area (Å²) in [6, 6.07) is 17.8. The van der Waals surface area contributed by atoms with Crippen molar-refractivity contribution >= 4 is 16.6 Å². The normalized spacial score (nSPS) is 15.8. The standard InChI is InChI=1S/C23H24N4O2/c1-15(27(17-9-10-17)14-16-7-11-18(29-2)12-8-16)22(28)19(13-24)23-25-20-5-3-4-6-21(20)26-23/h3-8,11-12,15,17,28H,9-10,14H2,1-2H3,(H,25,26)/b22-19-/t15-/m1/s1. The molecule has 1 aromatic heterocycles. The Morgan fingerprint density at radius 1 is 1.28 bits per heavy atom. The Kier molecular flexibility index (Phi) is 5.24. The lowest BCUT2D eigenvalue weighted by atomic mass is 10.1. The molecule has 0 spiro atoms. The first kappa shape index (κ1) is 19.0. The van der Waals surface area contributed by atoms with Crippen molar-refractivity contribution in [1.29, 1.82) is 5.26 Å². The summed E-state index contributed by atoms with van der Waals surface area (Å²) >= 11 is 0. The van der Waals surface area contributed by atoms with E-state index in [1.807, 2.05) is 55.5 Å². The number of aromatic nitrogens is 2. The predicted molar refractivity (Wildman–Crippen MR) is 112 cm³/mol. The van der Waals surface area contributed by atoms with E-state index in [0.29, 0.717) is 18.4 Å². The summed E-state index contributed by atoms with van der Waals surface area (Å²) in [6.07, 6.45) is 2.20. The van der Waals surface area contributed by atoms with Gasteiger partial charge in [0.1, 0.15) is 23.2 Å². The van der Waals surface area contributed by atoms with E-state index in [1.54, 1.807) is 7.11 Å². The van der Waals surface area contributed by atoms with Gasteiger partial charge in [-0.2, -0.15) is 5.26 Å². The number of para-hydroxylation sites is 2. The lowest BCUT2D eigenvalue weighted by molar-refractivity contribution is 0.171. The van der Waals surface area contributed by atoms with Crippen LogP contribution < -0.4 is 4.74 Å². The van der Waals surface area contributed by atoms with Gasteiger partial charge in [0.05, 0.1) is 24.2 Å². The van der Waals surface area contributed by atoms with Crippen LogP contribution >= 0.6 is 0 Å². The fourth-order valence-corrected chi connectivity index (χ4v) is 3.60. The zero-order chi connectivity index (χ0) is 20.4. The average Bonchev–Trinajstić information content (AvgIpc) is 3.50. The number of benzene rings is 2. The van der Waals surface area contributed by atoms with Gasteiger partial charge in [0.15, 0.2) is 5.82 Å². The van der Waals surface area contributed by atoms with Crippen molar-refractivity contribution in [2.45, 2.75) is 38.4 Å². The first-order valence-electron chi connectivity index (χ1n) is 9.77. The number of fused-ring (bicyclic) bond motifs is 1. The van der Waals surface area contributed by atoms with Crippen molar-refractivity contribution in [2.24, 2.45) is 0 Å². The maximum atomic E-state index is 11.0. The van der Waals surface area contributed by atoms with Gasteiger partial charge in [-0.3, -0.25) is 4.90 Å². The molecule has 6 heteroatoms. The zero-order valence-electron chi connectivity index (χ0n) is 16.6. The van der Waals surface area contributed by atoms with Gasteiger partial charge in [0.2, 0.25) is 0 Å². The van der Waals surface area contributed by atoms with E-state index in [2.05, 4.69) is 20.9 Å². The quantitative estimate of drug-likeness (QED) is 0.462. The Labute approximate surface area is 170 Å². The summed E-state index contributed by atoms with van der Waals surface area (Å²) in [6.45, 7) is 2.63. The van der Waals surface area contributed by atoms with Crippen molar-refractivity contribution in [2.75, 3.05) is 7.11 Å². The number of aliphatic hydroxyl groups excluding tert-OH is 1. The number of methoxy groups -OCH3 is 1. The van der Waals surface area contributed by atoms with Crippen LogP contribution in [0.15, 0.2) is 54.3 Å². The second-order valence-corrected chi connectivity index (χ2v) is 7.40. The van der Waals surface area contributed by atoms with E-state index in [1.165, 1.54) is 0 Å². The van der Waals surface area contributed by atoms with Crippen LogP contribution in [0.5, 0.6) is 5.75 Å². The smallest absolute Gasteiger partial charge is 0.152 e. The molecule has 1 heterocycles. The van der Waals surface area contributed by atoms with E-state index < -0.39 is 0 Å². The third-order valence-electron chi connectivity index (χ3n) is 5.43. The fraction of sp³-hybridized carbons (Fsp3) is 0.304. The van der Waals surface area contributed by atoms with Gasteiger partial charge in [0, 0.05) is 12.6 Å². The number of nitriles is 1. The van der Waals surface area contributed by atoms with Crippen molar-refractivity contribution in [3.63, 3.8) is 0 Å². The van der Waals surface area contributed by atoms with Crippen LogP contribution in [0.1, 0.15) is 31.2 Å². The summed E-state index contributed by atoms with van der Waals surface area (Å²) < 4.78 is 5.23. The van der Waals surface area contributed by atoms with E-state index in [0.717, 1.165) is 35.2 Å². The van der Waals surface area contributed by atoms with Crippen LogP contribution in [0.3, 0.4) is 0 Å². The number of ether oxygens (including phenoxy) is 1. The second-order valence-electron chi connectivity index (χ2n) is 7.40. The molecule has 0 radical (unpaired) electrons. The minimum absolute atomic E-state index is 0.0481. The third-order valence-corrected chi connectivity index (χ3v) is 5.43. The van der Waals surface area contributed by atoms with Crippen molar-refractivity contribution in [1.82, 2.24) is 14.9 Å². The number of aromatic amines is 1. The Hall–Kier alpha value is -3.30. The van der Waals surface area contributed by atoms with E-state index in [-0.39, 0.29) is 17.4 Å². The van der Waals surface area contributed by atoms with Crippen LogP contribution in [-0.4, -0.2) is 39.2 Å². The largest absolute Gasteiger partial charge is 0.509 e. The summed E-state index contributed by atoms with van der Waals surface area (Å²) in [4.78, 5) is 9.87. The molecule has 0 amide bonds. The molecule has 1 aliphatic carbocycles. The predicted octanol–water partition coefficient (Wildman–Crippen LogP) is 4.42. The third kappa shape index (κ3) is 3.96. The molecule has 6 nitrogen and oxygen atoms in total. The first-order chi connectivity index (χ1) is 14.1. The lowest BCUT2D eigenvalue weighted by Gasteiger charge is -2.29. The molecule has 4 rings (SSSR count). The topological polar surface area (TPSA) is 85.2 Å². The summed E-state index contributed by atoms with van der Waals surface area (Å²) in [7, 11) is 1.65. The highest BCUT2D eigenvalue weighted by atomic mass is 16.5. The first-order valence-corrected chi connectivity index (χ1v) is 9.77. The summed E-state index contributed by atoms with van der Waals surface area (Å²) in [5.74, 6) is 1.27. The second kappa shape index (κ2) is 7.98. The van der Waals surface area contributed by atoms with Crippen molar-refractivity contribution in [3.05, 3.63) is 65.7 Å². The summed E-state index contributed by atoms with van der Waals surface area (Å²) in [5.41, 5.74) is 2.94. The minimum Gasteiger partial charge on any atom is -0.509 e. The monoisotopic (exact) mass is 388 g/mol. The van der Waals surface area contributed by atoms with E-state index in [4.69, 9.17) is 4.74 Å². The molecular weight excluding hydrogens is 364 g/mol. The highest BCUT2D eigenvalue weighted by Crippen LogP contribution is 2.33. The Bertz CT molecular complexity index is 1040. The number of H-pyrrole nitrogens is 1. The minimum atomic E-state index is -0.299. The maximum Gasteiger partial charge on any atom is 0.152 e. The molecule has 0 bridgehead atoms. The number of allylic oxidation sites excluding steroid dienone is 1. The van der Waals surface area contributed by atoms with Gasteiger partial charge < -0.3 is 14.8 Å². The van der Waals surface area contributed by atoms with Gasteiger partial charge in [-0.1, -0.05) is 24.3 Å². The number of nitrogens with one attached hydrogen (secondary N) is 1. The molecule has 0 aliphatic heterocycles. The van der Waals surface area contributed by atoms with Crippen LogP contribution in [0.2, 0.25) is 0 Å². The Morgan fingerprint density at radius 3 is 2.62 bits per heavy atom. The van der Waals surface area contributed by atoms with Gasteiger partial charge in [0.25, 0.3) is 0 Å². The molecule has 0 saturated heterocycles. The highest BCUT2D eigenvalue weighted by Gasteiger charge is 2.35. The Morgan fingerprint density at radius 2 is 2.00 bits per heavy atom. The molecule has 29 heavy (non-hydrogen) atoms. The van der Waals surface area contributed by atoms with E-state index >= 15 is 0 Å². The van der Waals surface area contributed by atoms with Crippen LogP contribution in [0.25, 0.3) is 16.6 Å². The SMILES string of the molecule is COc1ccc(CN(C2CC2)[C@H](C)/C(O)=C(\C#N)c2nc3ccccc3[nH]2)cc1. The zero-order valence-corrected chi connectivity index (χ0v) is 16.6. The maximum absolute atomic E-state index is 11.0. The van der Waals surface area contributed by atoms with Crippen LogP contribution in [0.4, 0.5) is 0 Å². The average molecular weight is 388 g/mol. The Balaban J connectivity index is 1.62. The number of imidazole rings is 1. The van der Waals surface area contributed by atoms with Gasteiger partial charge >= 0.3 is 0 Å². The number of hydrogen-bond donors (Lipinski definition) is 2. The fourth-order valence-electron chi connectivity index (χ4n) is 3.60. The molecular formula is C23H24N4O2. The van der Waals surface area contributed by atoms with Crippen molar-refractivity contribution < 1.29 is 9.84 Å². The number of hydrogen-bond acceptors (Lipinski definition) is 5. The van der Waals surface area contributed by atoms with Crippen molar-refractivity contribution in [3.8, 4) is 11.8 Å². The number of aliphatic hydroxyl groups is 1. The molecule has 1 fully saturated rings. The lowest BCUT2D eigenvalue weighted by Crippen LogP contribution is -2.36. The van der Waals surface area contributed by atoms with Gasteiger partial charge in [-0.15, -0.1) is 0 Å². The molecule has 148 valence electrons. The summed E-state index contributed by atoms with van der Waals surface area (Å²) in [5, 5.41) is 20.7.